The van der Waals surface area contributed by atoms with Crippen LogP contribution in [0.4, 0.5) is 0 Å². The summed E-state index contributed by atoms with van der Waals surface area (Å²) in [5.74, 6) is -1.66. The first-order valence-corrected chi connectivity index (χ1v) is 8.92. The second-order valence-electron chi connectivity index (χ2n) is 6.49. The Bertz CT molecular complexity index is 833. The van der Waals surface area contributed by atoms with Crippen molar-refractivity contribution in [2.75, 3.05) is 6.61 Å². The number of benzene rings is 2. The van der Waals surface area contributed by atoms with Gasteiger partial charge in [-0.15, -0.1) is 0 Å². The molecule has 2 amide bonds. The molecule has 140 valence electrons. The summed E-state index contributed by atoms with van der Waals surface area (Å²) in [6.07, 6.45) is 0.127. The number of aryl methyl sites for hydroxylation is 1. The van der Waals surface area contributed by atoms with E-state index in [2.05, 4.69) is 5.43 Å². The first kappa shape index (κ1) is 18.6. The highest BCUT2D eigenvalue weighted by atomic mass is 16.5. The molecule has 1 aliphatic heterocycles. The maximum absolute atomic E-state index is 12.6. The van der Waals surface area contributed by atoms with Gasteiger partial charge in [-0.2, -0.15) is 0 Å². The van der Waals surface area contributed by atoms with Gasteiger partial charge in [-0.05, 0) is 31.5 Å². The van der Waals surface area contributed by atoms with E-state index in [0.29, 0.717) is 5.56 Å². The van der Waals surface area contributed by atoms with Gasteiger partial charge in [0.15, 0.2) is 6.04 Å². The largest absolute Gasteiger partial charge is 0.464 e. The maximum atomic E-state index is 12.6. The number of rotatable bonds is 5. The molecule has 0 unspecified atom stereocenters. The molecule has 3 rings (SSSR count). The lowest BCUT2D eigenvalue weighted by atomic mass is 9.92. The molecule has 0 bridgehead atoms. The van der Waals surface area contributed by atoms with Crippen molar-refractivity contribution in [3.8, 4) is 0 Å². The summed E-state index contributed by atoms with van der Waals surface area (Å²) in [6.45, 7) is 3.83. The summed E-state index contributed by atoms with van der Waals surface area (Å²) in [5, 5.41) is 1.12. The molecule has 2 aromatic rings. The van der Waals surface area contributed by atoms with E-state index >= 15 is 0 Å². The fourth-order valence-corrected chi connectivity index (χ4v) is 3.24. The molecule has 2 atom stereocenters. The van der Waals surface area contributed by atoms with Gasteiger partial charge >= 0.3 is 5.97 Å². The standard InChI is InChI=1S/C21H22N2O4/c1-3-27-21(26)19-17(15-7-5-4-6-8-15)13-18(24)23(19)22-20(25)16-11-9-14(2)10-12-16/h4-12,17,19H,3,13H2,1-2H3,(H,22,25)/t17-,19-/m0/s1. The SMILES string of the molecule is CCOC(=O)[C@@H]1[C@H](c2ccccc2)CC(=O)N1NC(=O)c1ccc(C)cc1. The van der Waals surface area contributed by atoms with Crippen LogP contribution in [0.1, 0.15) is 40.7 Å². The van der Waals surface area contributed by atoms with Gasteiger partial charge in [-0.3, -0.25) is 15.0 Å². The quantitative estimate of drug-likeness (QED) is 0.826. The summed E-state index contributed by atoms with van der Waals surface area (Å²) in [6, 6.07) is 15.4. The van der Waals surface area contributed by atoms with Crippen molar-refractivity contribution >= 4 is 17.8 Å². The zero-order chi connectivity index (χ0) is 19.4. The lowest BCUT2D eigenvalue weighted by Crippen LogP contribution is -2.52. The van der Waals surface area contributed by atoms with Crippen molar-refractivity contribution in [1.82, 2.24) is 10.4 Å². The highest BCUT2D eigenvalue weighted by molar-refractivity contribution is 5.97. The topological polar surface area (TPSA) is 75.7 Å². The number of hydrogen-bond donors (Lipinski definition) is 1. The number of amides is 2. The summed E-state index contributed by atoms with van der Waals surface area (Å²) in [7, 11) is 0. The summed E-state index contributed by atoms with van der Waals surface area (Å²) < 4.78 is 5.18. The van der Waals surface area contributed by atoms with Crippen LogP contribution in [0, 0.1) is 6.92 Å². The van der Waals surface area contributed by atoms with Gasteiger partial charge in [0.05, 0.1) is 6.61 Å². The van der Waals surface area contributed by atoms with Crippen LogP contribution in [0.3, 0.4) is 0 Å². The monoisotopic (exact) mass is 366 g/mol. The normalized spacial score (nSPS) is 19.0. The van der Waals surface area contributed by atoms with E-state index in [0.717, 1.165) is 16.1 Å². The second kappa shape index (κ2) is 8.03. The molecular weight excluding hydrogens is 344 g/mol. The zero-order valence-corrected chi connectivity index (χ0v) is 15.3. The number of nitrogens with one attached hydrogen (secondary N) is 1. The van der Waals surface area contributed by atoms with Crippen LogP contribution < -0.4 is 5.43 Å². The number of hydrogen-bond acceptors (Lipinski definition) is 4. The Hall–Kier alpha value is -3.15. The predicted octanol–water partition coefficient (Wildman–Crippen LogP) is 2.59. The van der Waals surface area contributed by atoms with Crippen molar-refractivity contribution in [3.63, 3.8) is 0 Å². The zero-order valence-electron chi connectivity index (χ0n) is 15.3. The maximum Gasteiger partial charge on any atom is 0.331 e. The third-order valence-corrected chi connectivity index (χ3v) is 4.61. The molecule has 2 aromatic carbocycles. The van der Waals surface area contributed by atoms with Crippen molar-refractivity contribution in [3.05, 3.63) is 71.3 Å². The Morgan fingerprint density at radius 3 is 2.41 bits per heavy atom. The van der Waals surface area contributed by atoms with Crippen LogP contribution in [-0.2, 0) is 14.3 Å². The van der Waals surface area contributed by atoms with Crippen LogP contribution in [0.15, 0.2) is 54.6 Å². The van der Waals surface area contributed by atoms with E-state index in [9.17, 15) is 14.4 Å². The third-order valence-electron chi connectivity index (χ3n) is 4.61. The van der Waals surface area contributed by atoms with Crippen molar-refractivity contribution < 1.29 is 19.1 Å². The van der Waals surface area contributed by atoms with Crippen LogP contribution in [0.25, 0.3) is 0 Å². The number of carbonyl (C=O) groups is 3. The van der Waals surface area contributed by atoms with Crippen molar-refractivity contribution in [2.45, 2.75) is 32.2 Å². The molecule has 1 heterocycles. The lowest BCUT2D eigenvalue weighted by molar-refractivity contribution is -0.153. The minimum atomic E-state index is -0.894. The molecule has 6 heteroatoms. The molecule has 0 aliphatic carbocycles. The summed E-state index contributed by atoms with van der Waals surface area (Å²) >= 11 is 0. The first-order chi connectivity index (χ1) is 13.0. The summed E-state index contributed by atoms with van der Waals surface area (Å²) in [5.41, 5.74) is 4.90. The van der Waals surface area contributed by atoms with E-state index in [-0.39, 0.29) is 24.9 Å². The minimum absolute atomic E-state index is 0.127. The molecular formula is C21H22N2O4. The third kappa shape index (κ3) is 4.00. The van der Waals surface area contributed by atoms with E-state index in [1.807, 2.05) is 49.4 Å². The Morgan fingerprint density at radius 1 is 1.11 bits per heavy atom. The van der Waals surface area contributed by atoms with Gasteiger partial charge in [-0.25, -0.2) is 9.80 Å². The second-order valence-corrected chi connectivity index (χ2v) is 6.49. The predicted molar refractivity (Wildman–Crippen MR) is 99.7 cm³/mol. The van der Waals surface area contributed by atoms with Crippen molar-refractivity contribution in [2.24, 2.45) is 0 Å². The number of hydrazine groups is 1. The Labute approximate surface area is 158 Å². The van der Waals surface area contributed by atoms with Gasteiger partial charge in [0, 0.05) is 17.9 Å². The number of nitrogens with zero attached hydrogens (tertiary/aromatic N) is 1. The molecule has 0 aromatic heterocycles. The number of esters is 1. The molecule has 0 spiro atoms. The van der Waals surface area contributed by atoms with E-state index < -0.39 is 17.9 Å². The van der Waals surface area contributed by atoms with E-state index in [4.69, 9.17) is 4.74 Å². The average Bonchev–Trinajstić information content (AvgIpc) is 2.99. The molecule has 6 nitrogen and oxygen atoms in total. The molecule has 1 aliphatic rings. The van der Waals surface area contributed by atoms with Gasteiger partial charge in [-0.1, -0.05) is 48.0 Å². The molecule has 27 heavy (non-hydrogen) atoms. The molecule has 1 fully saturated rings. The molecule has 1 saturated heterocycles. The minimum Gasteiger partial charge on any atom is -0.464 e. The van der Waals surface area contributed by atoms with Gasteiger partial charge in [0.2, 0.25) is 5.91 Å². The molecule has 0 saturated carbocycles. The number of carbonyl (C=O) groups excluding carboxylic acids is 3. The van der Waals surface area contributed by atoms with Crippen molar-refractivity contribution in [1.29, 1.82) is 0 Å². The lowest BCUT2D eigenvalue weighted by Gasteiger charge is -2.26. The van der Waals surface area contributed by atoms with Crippen LogP contribution in [-0.4, -0.2) is 35.4 Å². The van der Waals surface area contributed by atoms with E-state index in [1.54, 1.807) is 19.1 Å². The fraction of sp³-hybridized carbons (Fsp3) is 0.286. The highest BCUT2D eigenvalue weighted by Gasteiger charge is 2.46. The van der Waals surface area contributed by atoms with Crippen LogP contribution in [0.5, 0.6) is 0 Å². The fourth-order valence-electron chi connectivity index (χ4n) is 3.24. The number of ether oxygens (including phenoxy) is 1. The van der Waals surface area contributed by atoms with Crippen LogP contribution in [0.2, 0.25) is 0 Å². The van der Waals surface area contributed by atoms with Gasteiger partial charge in [0.1, 0.15) is 0 Å². The van der Waals surface area contributed by atoms with Gasteiger partial charge in [0.25, 0.3) is 5.91 Å². The smallest absolute Gasteiger partial charge is 0.331 e. The van der Waals surface area contributed by atoms with Gasteiger partial charge < -0.3 is 4.74 Å². The van der Waals surface area contributed by atoms with Crippen LogP contribution >= 0.6 is 0 Å². The first-order valence-electron chi connectivity index (χ1n) is 8.92. The average molecular weight is 366 g/mol. The Kier molecular flexibility index (Phi) is 5.54. The highest BCUT2D eigenvalue weighted by Crippen LogP contribution is 2.34. The summed E-state index contributed by atoms with van der Waals surface area (Å²) in [4.78, 5) is 37.8. The molecule has 0 radical (unpaired) electrons. The van der Waals surface area contributed by atoms with E-state index in [1.165, 1.54) is 0 Å². The Morgan fingerprint density at radius 2 is 1.78 bits per heavy atom. The Balaban J connectivity index is 1.87. The molecule has 1 N–H and O–H groups in total.